The van der Waals surface area contributed by atoms with Gasteiger partial charge < -0.3 is 4.90 Å². The molecule has 1 aromatic heterocycles. The number of nitriles is 1. The van der Waals surface area contributed by atoms with Crippen LogP contribution in [-0.2, 0) is 11.3 Å². The van der Waals surface area contributed by atoms with E-state index in [4.69, 9.17) is 0 Å². The molecule has 0 saturated carbocycles. The third-order valence-electron chi connectivity index (χ3n) is 3.62. The molecule has 1 heterocycles. The summed E-state index contributed by atoms with van der Waals surface area (Å²) in [5.41, 5.74) is 0.146. The monoisotopic (exact) mass is 259 g/mol. The zero-order chi connectivity index (χ0) is 14.3. The minimum absolute atomic E-state index is 0.0701. The maximum absolute atomic E-state index is 12.6. The minimum atomic E-state index is -0.886. The van der Waals surface area contributed by atoms with E-state index >= 15 is 0 Å². The Balaban J connectivity index is 2.91. The molecule has 1 rings (SSSR count). The van der Waals surface area contributed by atoms with Crippen LogP contribution in [-0.4, -0.2) is 22.3 Å². The van der Waals surface area contributed by atoms with Crippen molar-refractivity contribution < 1.29 is 4.79 Å². The average molecular weight is 259 g/mol. The summed E-state index contributed by atoms with van der Waals surface area (Å²) in [4.78, 5) is 18.3. The van der Waals surface area contributed by atoms with Crippen LogP contribution in [0.2, 0.25) is 0 Å². The van der Waals surface area contributed by atoms with Crippen LogP contribution in [0.25, 0.3) is 0 Å². The Hall–Kier alpha value is -1.89. The molecule has 4 nitrogen and oxygen atoms in total. The van der Waals surface area contributed by atoms with Gasteiger partial charge in [0.15, 0.2) is 0 Å². The lowest BCUT2D eigenvalue weighted by atomic mass is 9.82. The van der Waals surface area contributed by atoms with E-state index in [2.05, 4.69) is 11.1 Å². The number of rotatable bonds is 6. The molecule has 0 N–H and O–H groups in total. The summed E-state index contributed by atoms with van der Waals surface area (Å²) < 4.78 is 0. The maximum atomic E-state index is 12.6. The van der Waals surface area contributed by atoms with Crippen LogP contribution in [0, 0.1) is 16.7 Å². The number of carbonyl (C=O) groups excluding carboxylic acids is 1. The fourth-order valence-corrected chi connectivity index (χ4v) is 2.10. The molecule has 0 aliphatic heterocycles. The Bertz CT molecular complexity index is 446. The number of hydrogen-bond acceptors (Lipinski definition) is 3. The Kier molecular flexibility index (Phi) is 5.50. The maximum Gasteiger partial charge on any atom is 0.243 e. The van der Waals surface area contributed by atoms with Gasteiger partial charge in [0, 0.05) is 25.5 Å². The smallest absolute Gasteiger partial charge is 0.243 e. The number of pyridine rings is 1. The second kappa shape index (κ2) is 6.89. The van der Waals surface area contributed by atoms with E-state index in [1.807, 2.05) is 32.9 Å². The molecule has 0 atom stereocenters. The Labute approximate surface area is 115 Å². The molecule has 0 fully saturated rings. The molecular weight excluding hydrogens is 238 g/mol. The quantitative estimate of drug-likeness (QED) is 0.789. The molecule has 0 bridgehead atoms. The fourth-order valence-electron chi connectivity index (χ4n) is 2.10. The molecule has 0 aromatic carbocycles. The summed E-state index contributed by atoms with van der Waals surface area (Å²) >= 11 is 0. The van der Waals surface area contributed by atoms with Crippen molar-refractivity contribution in [2.24, 2.45) is 5.41 Å². The standard InChI is InChI=1S/C15H21N3O/c1-4-15(5-2,12-16)14(19)18(6-3)11-13-7-9-17-10-8-13/h7-10H,4-6,11H2,1-3H3. The lowest BCUT2D eigenvalue weighted by molar-refractivity contribution is -0.139. The number of carbonyl (C=O) groups is 1. The Morgan fingerprint density at radius 1 is 1.32 bits per heavy atom. The van der Waals surface area contributed by atoms with Gasteiger partial charge in [0.25, 0.3) is 0 Å². The van der Waals surface area contributed by atoms with Crippen LogP contribution in [0.5, 0.6) is 0 Å². The van der Waals surface area contributed by atoms with E-state index in [0.717, 1.165) is 5.56 Å². The van der Waals surface area contributed by atoms with E-state index in [1.165, 1.54) is 0 Å². The molecule has 0 spiro atoms. The van der Waals surface area contributed by atoms with E-state index < -0.39 is 5.41 Å². The van der Waals surface area contributed by atoms with Crippen molar-refractivity contribution in [3.05, 3.63) is 30.1 Å². The summed E-state index contributed by atoms with van der Waals surface area (Å²) in [6, 6.07) is 5.99. The van der Waals surface area contributed by atoms with E-state index in [1.54, 1.807) is 17.3 Å². The summed E-state index contributed by atoms with van der Waals surface area (Å²) in [5, 5.41) is 9.35. The van der Waals surface area contributed by atoms with Crippen molar-refractivity contribution in [1.82, 2.24) is 9.88 Å². The first-order valence-corrected chi connectivity index (χ1v) is 6.73. The molecule has 0 aliphatic carbocycles. The molecule has 0 saturated heterocycles. The molecule has 4 heteroatoms. The molecule has 19 heavy (non-hydrogen) atoms. The second-order valence-corrected chi connectivity index (χ2v) is 4.58. The first kappa shape index (κ1) is 15.2. The number of aromatic nitrogens is 1. The predicted octanol–water partition coefficient (Wildman–Crippen LogP) is 2.76. The largest absolute Gasteiger partial charge is 0.337 e. The number of amides is 1. The normalized spacial score (nSPS) is 10.8. The minimum Gasteiger partial charge on any atom is -0.337 e. The molecule has 0 aliphatic rings. The van der Waals surface area contributed by atoms with Crippen LogP contribution >= 0.6 is 0 Å². The number of nitrogens with zero attached hydrogens (tertiary/aromatic N) is 3. The van der Waals surface area contributed by atoms with E-state index in [0.29, 0.717) is 25.9 Å². The molecule has 1 aromatic rings. The Morgan fingerprint density at radius 2 is 1.89 bits per heavy atom. The third kappa shape index (κ3) is 3.31. The van der Waals surface area contributed by atoms with Crippen LogP contribution < -0.4 is 0 Å². The van der Waals surface area contributed by atoms with Gasteiger partial charge in [-0.05, 0) is 37.5 Å². The Morgan fingerprint density at radius 3 is 2.32 bits per heavy atom. The van der Waals surface area contributed by atoms with Gasteiger partial charge in [-0.1, -0.05) is 13.8 Å². The van der Waals surface area contributed by atoms with Gasteiger partial charge >= 0.3 is 0 Å². The van der Waals surface area contributed by atoms with Crippen molar-refractivity contribution >= 4 is 5.91 Å². The van der Waals surface area contributed by atoms with E-state index in [9.17, 15) is 10.1 Å². The van der Waals surface area contributed by atoms with Gasteiger partial charge in [0.1, 0.15) is 5.41 Å². The zero-order valence-electron chi connectivity index (χ0n) is 11.9. The highest BCUT2D eigenvalue weighted by atomic mass is 16.2. The van der Waals surface area contributed by atoms with Gasteiger partial charge in [0.05, 0.1) is 6.07 Å². The highest BCUT2D eigenvalue weighted by Crippen LogP contribution is 2.28. The first-order valence-electron chi connectivity index (χ1n) is 6.73. The molecular formula is C15H21N3O. The summed E-state index contributed by atoms with van der Waals surface area (Å²) in [5.74, 6) is -0.0701. The zero-order valence-corrected chi connectivity index (χ0v) is 11.9. The third-order valence-corrected chi connectivity index (χ3v) is 3.62. The summed E-state index contributed by atoms with van der Waals surface area (Å²) in [6.45, 7) is 6.86. The highest BCUT2D eigenvalue weighted by Gasteiger charge is 2.37. The molecule has 0 unspecified atom stereocenters. The van der Waals surface area contributed by atoms with Crippen molar-refractivity contribution in [3.63, 3.8) is 0 Å². The van der Waals surface area contributed by atoms with Crippen LogP contribution in [0.4, 0.5) is 0 Å². The lowest BCUT2D eigenvalue weighted by Gasteiger charge is -2.30. The molecule has 0 radical (unpaired) electrons. The van der Waals surface area contributed by atoms with Crippen LogP contribution in [0.3, 0.4) is 0 Å². The topological polar surface area (TPSA) is 57.0 Å². The van der Waals surface area contributed by atoms with Crippen molar-refractivity contribution in [1.29, 1.82) is 5.26 Å². The van der Waals surface area contributed by atoms with Gasteiger partial charge in [-0.3, -0.25) is 9.78 Å². The average Bonchev–Trinajstić information content (AvgIpc) is 2.48. The van der Waals surface area contributed by atoms with Crippen molar-refractivity contribution in [3.8, 4) is 6.07 Å². The van der Waals surface area contributed by atoms with Crippen LogP contribution in [0.1, 0.15) is 39.2 Å². The van der Waals surface area contributed by atoms with Gasteiger partial charge in [-0.15, -0.1) is 0 Å². The van der Waals surface area contributed by atoms with Crippen molar-refractivity contribution in [2.45, 2.75) is 40.2 Å². The van der Waals surface area contributed by atoms with E-state index in [-0.39, 0.29) is 5.91 Å². The highest BCUT2D eigenvalue weighted by molar-refractivity contribution is 5.85. The summed E-state index contributed by atoms with van der Waals surface area (Å²) in [7, 11) is 0. The molecule has 1 amide bonds. The van der Waals surface area contributed by atoms with Gasteiger partial charge in [-0.2, -0.15) is 5.26 Å². The van der Waals surface area contributed by atoms with Crippen molar-refractivity contribution in [2.75, 3.05) is 6.54 Å². The van der Waals surface area contributed by atoms with Gasteiger partial charge in [-0.25, -0.2) is 0 Å². The second-order valence-electron chi connectivity index (χ2n) is 4.58. The SMILES string of the molecule is CCN(Cc1ccncc1)C(=O)C(C#N)(CC)CC. The number of hydrogen-bond donors (Lipinski definition) is 0. The predicted molar refractivity (Wildman–Crippen MR) is 74.0 cm³/mol. The first-order chi connectivity index (χ1) is 9.13. The lowest BCUT2D eigenvalue weighted by Crippen LogP contribution is -2.42. The van der Waals surface area contributed by atoms with Crippen LogP contribution in [0.15, 0.2) is 24.5 Å². The fraction of sp³-hybridized carbons (Fsp3) is 0.533. The summed E-state index contributed by atoms with van der Waals surface area (Å²) in [6.07, 6.45) is 4.52. The molecule has 102 valence electrons. The van der Waals surface area contributed by atoms with Gasteiger partial charge in [0.2, 0.25) is 5.91 Å².